The highest BCUT2D eigenvalue weighted by Gasteiger charge is 2.33. The Labute approximate surface area is 154 Å². The maximum atomic E-state index is 12.5. The Morgan fingerprint density at radius 3 is 2.69 bits per heavy atom. The second-order valence-electron chi connectivity index (χ2n) is 8.12. The average Bonchev–Trinajstić information content (AvgIpc) is 3.14. The highest BCUT2D eigenvalue weighted by Crippen LogP contribution is 2.20. The second kappa shape index (κ2) is 7.32. The smallest absolute Gasteiger partial charge is 0.254 e. The number of hydrogen-bond donors (Lipinski definition) is 1. The van der Waals surface area contributed by atoms with Crippen molar-refractivity contribution in [3.05, 3.63) is 53.9 Å². The van der Waals surface area contributed by atoms with Gasteiger partial charge in [-0.25, -0.2) is 0 Å². The van der Waals surface area contributed by atoms with Crippen LogP contribution in [0.1, 0.15) is 43.1 Å². The van der Waals surface area contributed by atoms with Gasteiger partial charge in [0.15, 0.2) is 0 Å². The second-order valence-corrected chi connectivity index (χ2v) is 8.12. The molecule has 1 atom stereocenters. The van der Waals surface area contributed by atoms with Gasteiger partial charge in [-0.2, -0.15) is 5.10 Å². The van der Waals surface area contributed by atoms with Crippen molar-refractivity contribution in [1.29, 1.82) is 0 Å². The Kier molecular flexibility index (Phi) is 5.11. The summed E-state index contributed by atoms with van der Waals surface area (Å²) >= 11 is 0. The molecule has 2 aromatic rings. The quantitative estimate of drug-likeness (QED) is 0.896. The van der Waals surface area contributed by atoms with Crippen LogP contribution in [0, 0.1) is 5.41 Å². The Morgan fingerprint density at radius 1 is 1.27 bits per heavy atom. The molecule has 3 rings (SSSR count). The molecule has 0 spiro atoms. The van der Waals surface area contributed by atoms with Crippen LogP contribution in [0.5, 0.6) is 0 Å². The first-order valence-corrected chi connectivity index (χ1v) is 8.95. The van der Waals surface area contributed by atoms with E-state index in [2.05, 4.69) is 31.2 Å². The van der Waals surface area contributed by atoms with E-state index in [0.29, 0.717) is 31.6 Å². The van der Waals surface area contributed by atoms with Crippen LogP contribution in [0.4, 0.5) is 0 Å². The number of hydrogen-bond acceptors (Lipinski definition) is 3. The van der Waals surface area contributed by atoms with E-state index in [0.717, 1.165) is 5.56 Å². The molecule has 0 aliphatic carbocycles. The van der Waals surface area contributed by atoms with Crippen molar-refractivity contribution in [2.45, 2.75) is 39.8 Å². The summed E-state index contributed by atoms with van der Waals surface area (Å²) in [6, 6.07) is 9.83. The Bertz CT molecular complexity index is 777. The van der Waals surface area contributed by atoms with Crippen molar-refractivity contribution in [1.82, 2.24) is 20.0 Å². The summed E-state index contributed by atoms with van der Waals surface area (Å²) in [5.74, 6) is -0.0790. The molecule has 1 aliphatic rings. The molecule has 0 bridgehead atoms. The number of carbonyl (C=O) groups excluding carboxylic acids is 2. The van der Waals surface area contributed by atoms with Gasteiger partial charge in [0.25, 0.3) is 5.91 Å². The minimum Gasteiger partial charge on any atom is -0.347 e. The van der Waals surface area contributed by atoms with Gasteiger partial charge in [-0.05, 0) is 11.0 Å². The fourth-order valence-electron chi connectivity index (χ4n) is 3.20. The predicted molar refractivity (Wildman–Crippen MR) is 99.7 cm³/mol. The molecule has 6 nitrogen and oxygen atoms in total. The maximum absolute atomic E-state index is 12.5. The van der Waals surface area contributed by atoms with Crippen LogP contribution in [0.25, 0.3) is 0 Å². The van der Waals surface area contributed by atoms with E-state index in [1.807, 2.05) is 35.2 Å². The number of carbonyl (C=O) groups is 2. The van der Waals surface area contributed by atoms with E-state index in [9.17, 15) is 9.59 Å². The Balaban J connectivity index is 1.56. The van der Waals surface area contributed by atoms with E-state index in [-0.39, 0.29) is 23.3 Å². The van der Waals surface area contributed by atoms with Gasteiger partial charge in [-0.15, -0.1) is 0 Å². The first-order chi connectivity index (χ1) is 12.3. The van der Waals surface area contributed by atoms with E-state index in [4.69, 9.17) is 0 Å². The van der Waals surface area contributed by atoms with Gasteiger partial charge in [-0.1, -0.05) is 51.1 Å². The van der Waals surface area contributed by atoms with Crippen LogP contribution < -0.4 is 5.32 Å². The number of aromatic nitrogens is 2. The lowest BCUT2D eigenvalue weighted by Crippen LogP contribution is -2.39. The molecule has 2 amide bonds. The molecule has 138 valence electrons. The lowest BCUT2D eigenvalue weighted by atomic mass is 9.96. The molecule has 1 unspecified atom stereocenters. The summed E-state index contributed by atoms with van der Waals surface area (Å²) in [5.41, 5.74) is 1.69. The molecule has 0 radical (unpaired) electrons. The van der Waals surface area contributed by atoms with Gasteiger partial charge in [0.2, 0.25) is 5.91 Å². The number of amides is 2. The topological polar surface area (TPSA) is 67.2 Å². The van der Waals surface area contributed by atoms with E-state index < -0.39 is 0 Å². The minimum atomic E-state index is -0.181. The van der Waals surface area contributed by atoms with Gasteiger partial charge in [0, 0.05) is 25.7 Å². The van der Waals surface area contributed by atoms with Gasteiger partial charge >= 0.3 is 0 Å². The van der Waals surface area contributed by atoms with Crippen LogP contribution in [-0.4, -0.2) is 45.6 Å². The van der Waals surface area contributed by atoms with E-state index in [1.54, 1.807) is 17.1 Å². The third-order valence-corrected chi connectivity index (χ3v) is 4.30. The average molecular weight is 354 g/mol. The highest BCUT2D eigenvalue weighted by atomic mass is 16.2. The molecule has 26 heavy (non-hydrogen) atoms. The zero-order valence-electron chi connectivity index (χ0n) is 15.6. The SMILES string of the molecule is CC(C)(C)CN1CC(NC(=O)c2cnn(Cc3ccccc3)c2)CC1=O. The van der Waals surface area contributed by atoms with Crippen molar-refractivity contribution in [2.24, 2.45) is 5.41 Å². The molecule has 1 aliphatic heterocycles. The van der Waals surface area contributed by atoms with Crippen LogP contribution in [-0.2, 0) is 11.3 Å². The van der Waals surface area contributed by atoms with Crippen molar-refractivity contribution >= 4 is 11.8 Å². The van der Waals surface area contributed by atoms with E-state index >= 15 is 0 Å². The zero-order valence-corrected chi connectivity index (χ0v) is 15.6. The Hall–Kier alpha value is -2.63. The van der Waals surface area contributed by atoms with Gasteiger partial charge in [-0.3, -0.25) is 14.3 Å². The first-order valence-electron chi connectivity index (χ1n) is 8.95. The molecule has 1 saturated heterocycles. The zero-order chi connectivity index (χ0) is 18.7. The van der Waals surface area contributed by atoms with Gasteiger partial charge in [0.1, 0.15) is 0 Å². The summed E-state index contributed by atoms with van der Waals surface area (Å²) in [6.07, 6.45) is 3.67. The highest BCUT2D eigenvalue weighted by molar-refractivity contribution is 5.94. The van der Waals surface area contributed by atoms with Crippen LogP contribution in [0.15, 0.2) is 42.7 Å². The van der Waals surface area contributed by atoms with Crippen molar-refractivity contribution in [3.8, 4) is 0 Å². The fraction of sp³-hybridized carbons (Fsp3) is 0.450. The minimum absolute atomic E-state index is 0.0487. The summed E-state index contributed by atoms with van der Waals surface area (Å²) in [5, 5.41) is 7.23. The van der Waals surface area contributed by atoms with Crippen molar-refractivity contribution in [2.75, 3.05) is 13.1 Å². The fourth-order valence-corrected chi connectivity index (χ4v) is 3.20. The molecular formula is C20H26N4O2. The number of likely N-dealkylation sites (tertiary alicyclic amines) is 1. The Morgan fingerprint density at radius 2 is 2.00 bits per heavy atom. The van der Waals surface area contributed by atoms with Gasteiger partial charge < -0.3 is 10.2 Å². The maximum Gasteiger partial charge on any atom is 0.254 e. The number of nitrogens with one attached hydrogen (secondary N) is 1. The molecule has 1 aromatic heterocycles. The summed E-state index contributed by atoms with van der Waals surface area (Å²) in [6.45, 7) is 8.20. The number of nitrogens with zero attached hydrogens (tertiary/aromatic N) is 3. The first kappa shape index (κ1) is 18.2. The third kappa shape index (κ3) is 4.71. The van der Waals surface area contributed by atoms with Crippen LogP contribution in [0.3, 0.4) is 0 Å². The largest absolute Gasteiger partial charge is 0.347 e. The normalized spacial score (nSPS) is 17.6. The summed E-state index contributed by atoms with van der Waals surface area (Å²) in [7, 11) is 0. The lowest BCUT2D eigenvalue weighted by Gasteiger charge is -2.26. The third-order valence-electron chi connectivity index (χ3n) is 4.30. The summed E-state index contributed by atoms with van der Waals surface area (Å²) < 4.78 is 1.75. The molecular weight excluding hydrogens is 328 g/mol. The van der Waals surface area contributed by atoms with Crippen molar-refractivity contribution < 1.29 is 9.59 Å². The summed E-state index contributed by atoms with van der Waals surface area (Å²) in [4.78, 5) is 26.5. The molecule has 0 saturated carbocycles. The van der Waals surface area contributed by atoms with Crippen molar-refractivity contribution in [3.63, 3.8) is 0 Å². The number of benzene rings is 1. The molecule has 1 aromatic carbocycles. The lowest BCUT2D eigenvalue weighted by molar-refractivity contribution is -0.128. The molecule has 1 N–H and O–H groups in total. The van der Waals surface area contributed by atoms with Crippen LogP contribution >= 0.6 is 0 Å². The standard InChI is InChI=1S/C20H26N4O2/c1-20(2,3)14-23-13-17(9-18(23)25)22-19(26)16-10-21-24(12-16)11-15-7-5-4-6-8-15/h4-8,10,12,17H,9,11,13-14H2,1-3H3,(H,22,26). The molecule has 1 fully saturated rings. The monoisotopic (exact) mass is 354 g/mol. The van der Waals surface area contributed by atoms with Crippen LogP contribution in [0.2, 0.25) is 0 Å². The predicted octanol–water partition coefficient (Wildman–Crippen LogP) is 2.31. The number of rotatable bonds is 5. The van der Waals surface area contributed by atoms with Gasteiger partial charge in [0.05, 0.1) is 24.3 Å². The molecule has 6 heteroatoms. The van der Waals surface area contributed by atoms with E-state index in [1.165, 1.54) is 0 Å². The molecule has 2 heterocycles.